The lowest BCUT2D eigenvalue weighted by Gasteiger charge is -2.22. The van der Waals surface area contributed by atoms with Crippen LogP contribution in [0.5, 0.6) is 0 Å². The van der Waals surface area contributed by atoms with Gasteiger partial charge in [-0.2, -0.15) is 13.2 Å². The number of hydrogen-bond acceptors (Lipinski definition) is 5. The zero-order valence-electron chi connectivity index (χ0n) is 16.3. The van der Waals surface area contributed by atoms with Gasteiger partial charge in [0.05, 0.1) is 30.2 Å². The molecule has 0 spiro atoms. The number of halogens is 4. The van der Waals surface area contributed by atoms with E-state index in [9.17, 15) is 27.6 Å². The molecule has 0 bridgehead atoms. The summed E-state index contributed by atoms with van der Waals surface area (Å²) in [6.45, 7) is 4.38. The number of ether oxygens (including phenoxy) is 2. The zero-order chi connectivity index (χ0) is 22.4. The van der Waals surface area contributed by atoms with Gasteiger partial charge in [0.25, 0.3) is 0 Å². The van der Waals surface area contributed by atoms with Crippen LogP contribution in [0.1, 0.15) is 44.4 Å². The average Bonchev–Trinajstić information content (AvgIpc) is 2.57. The van der Waals surface area contributed by atoms with Crippen molar-refractivity contribution in [1.29, 1.82) is 0 Å². The molecule has 0 aromatic heterocycles. The van der Waals surface area contributed by atoms with Crippen molar-refractivity contribution in [2.24, 2.45) is 0 Å². The second-order valence-corrected chi connectivity index (χ2v) is 7.34. The van der Waals surface area contributed by atoms with Crippen molar-refractivity contribution < 1.29 is 37.0 Å². The summed E-state index contributed by atoms with van der Waals surface area (Å²) in [4.78, 5) is 35.4. The lowest BCUT2D eigenvalue weighted by molar-refractivity contribution is -0.141. The van der Waals surface area contributed by atoms with E-state index in [0.717, 1.165) is 19.2 Å². The van der Waals surface area contributed by atoms with Crippen LogP contribution in [0, 0.1) is 0 Å². The van der Waals surface area contributed by atoms with Gasteiger partial charge >= 0.3 is 18.2 Å². The van der Waals surface area contributed by atoms with Gasteiger partial charge in [-0.3, -0.25) is 9.59 Å². The van der Waals surface area contributed by atoms with E-state index in [0.29, 0.717) is 0 Å². The minimum absolute atomic E-state index is 0.113. The molecule has 162 valence electrons. The van der Waals surface area contributed by atoms with Gasteiger partial charge in [-0.15, -0.1) is 0 Å². The Morgan fingerprint density at radius 1 is 1.17 bits per heavy atom. The first-order valence-corrected chi connectivity index (χ1v) is 8.81. The van der Waals surface area contributed by atoms with Crippen LogP contribution in [0.3, 0.4) is 0 Å². The maximum Gasteiger partial charge on any atom is 0.417 e. The summed E-state index contributed by atoms with van der Waals surface area (Å²) < 4.78 is 48.8. The SMILES string of the molecule is COC(=O)C[C@H](NC(=O)CNC(=O)OC(C)(C)C)c1cccc(C(F)(F)F)c1Cl. The number of carbonyl (C=O) groups is 3. The molecule has 7 nitrogen and oxygen atoms in total. The van der Waals surface area contributed by atoms with Crippen molar-refractivity contribution in [1.82, 2.24) is 10.6 Å². The first-order chi connectivity index (χ1) is 13.2. The van der Waals surface area contributed by atoms with Gasteiger partial charge in [-0.05, 0) is 32.4 Å². The Morgan fingerprint density at radius 2 is 1.79 bits per heavy atom. The summed E-state index contributed by atoms with van der Waals surface area (Å²) in [6, 6.07) is 1.95. The van der Waals surface area contributed by atoms with Gasteiger partial charge in [0.1, 0.15) is 12.1 Å². The van der Waals surface area contributed by atoms with Gasteiger partial charge < -0.3 is 20.1 Å². The Bertz CT molecular complexity index is 763. The fourth-order valence-corrected chi connectivity index (χ4v) is 2.60. The molecule has 29 heavy (non-hydrogen) atoms. The van der Waals surface area contributed by atoms with E-state index >= 15 is 0 Å². The molecule has 0 saturated heterocycles. The number of nitrogens with one attached hydrogen (secondary N) is 2. The van der Waals surface area contributed by atoms with E-state index < -0.39 is 59.3 Å². The predicted octanol–water partition coefficient (Wildman–Crippen LogP) is 3.60. The number of methoxy groups -OCH3 is 1. The molecular formula is C18H22ClF3N2O5. The van der Waals surface area contributed by atoms with Gasteiger partial charge in [0.15, 0.2) is 0 Å². The predicted molar refractivity (Wildman–Crippen MR) is 98.2 cm³/mol. The topological polar surface area (TPSA) is 93.7 Å². The Morgan fingerprint density at radius 3 is 2.31 bits per heavy atom. The molecule has 1 aromatic carbocycles. The number of benzene rings is 1. The average molecular weight is 439 g/mol. The van der Waals surface area contributed by atoms with Gasteiger partial charge in [-0.1, -0.05) is 23.7 Å². The summed E-state index contributed by atoms with van der Waals surface area (Å²) in [5.74, 6) is -1.54. The fourth-order valence-electron chi connectivity index (χ4n) is 2.24. The van der Waals surface area contributed by atoms with Crippen LogP contribution in [0.4, 0.5) is 18.0 Å². The Kier molecular flexibility index (Phi) is 8.31. The highest BCUT2D eigenvalue weighted by Gasteiger charge is 2.35. The summed E-state index contributed by atoms with van der Waals surface area (Å²) in [7, 11) is 1.10. The Balaban J connectivity index is 2.99. The number of hydrogen-bond donors (Lipinski definition) is 2. The maximum atomic E-state index is 13.1. The maximum absolute atomic E-state index is 13.1. The summed E-state index contributed by atoms with van der Waals surface area (Å²) >= 11 is 5.89. The summed E-state index contributed by atoms with van der Waals surface area (Å²) in [5, 5.41) is 3.94. The standard InChI is InChI=1S/C18H22ClF3N2O5/c1-17(2,3)29-16(27)23-9-13(25)24-12(8-14(26)28-4)10-6-5-7-11(15(10)19)18(20,21)22/h5-7,12H,8-9H2,1-4H3,(H,23,27)(H,24,25)/t12-/m0/s1. The molecule has 0 unspecified atom stereocenters. The molecule has 0 heterocycles. The Labute approximate surface area is 170 Å². The normalized spacial score (nSPS) is 12.7. The highest BCUT2D eigenvalue weighted by Crippen LogP contribution is 2.38. The lowest BCUT2D eigenvalue weighted by atomic mass is 10.0. The van der Waals surface area contributed by atoms with E-state index in [-0.39, 0.29) is 5.56 Å². The van der Waals surface area contributed by atoms with E-state index in [1.807, 2.05) is 0 Å². The molecule has 2 amide bonds. The highest BCUT2D eigenvalue weighted by molar-refractivity contribution is 6.32. The van der Waals surface area contributed by atoms with Crippen molar-refractivity contribution in [3.63, 3.8) is 0 Å². The van der Waals surface area contributed by atoms with E-state index in [4.69, 9.17) is 16.3 Å². The first kappa shape index (κ1) is 24.5. The third-order valence-corrected chi connectivity index (χ3v) is 3.86. The van der Waals surface area contributed by atoms with Gasteiger partial charge in [0, 0.05) is 0 Å². The van der Waals surface area contributed by atoms with Crippen molar-refractivity contribution in [3.8, 4) is 0 Å². The quantitative estimate of drug-likeness (QED) is 0.662. The molecule has 1 atom stereocenters. The van der Waals surface area contributed by atoms with E-state index in [1.54, 1.807) is 20.8 Å². The smallest absolute Gasteiger partial charge is 0.417 e. The van der Waals surface area contributed by atoms with Crippen molar-refractivity contribution in [3.05, 3.63) is 34.3 Å². The third kappa shape index (κ3) is 8.18. The number of alkyl halides is 3. The van der Waals surface area contributed by atoms with E-state index in [1.165, 1.54) is 6.07 Å². The molecule has 1 aromatic rings. The number of amides is 2. The molecule has 0 saturated carbocycles. The summed E-state index contributed by atoms with van der Waals surface area (Å²) in [5.41, 5.74) is -2.00. The van der Waals surface area contributed by atoms with Crippen LogP contribution in [-0.2, 0) is 25.2 Å². The second kappa shape index (κ2) is 9.82. The molecule has 0 aliphatic heterocycles. The molecule has 2 N–H and O–H groups in total. The van der Waals surface area contributed by atoms with E-state index in [2.05, 4.69) is 15.4 Å². The van der Waals surface area contributed by atoms with Crippen LogP contribution < -0.4 is 10.6 Å². The number of rotatable bonds is 6. The largest absolute Gasteiger partial charge is 0.469 e. The molecular weight excluding hydrogens is 417 g/mol. The Hall–Kier alpha value is -2.49. The third-order valence-electron chi connectivity index (χ3n) is 3.44. The van der Waals surface area contributed by atoms with Crippen molar-refractivity contribution in [2.45, 2.75) is 45.0 Å². The molecule has 1 rings (SSSR count). The van der Waals surface area contributed by atoms with Gasteiger partial charge in [-0.25, -0.2) is 4.79 Å². The molecule has 11 heteroatoms. The van der Waals surface area contributed by atoms with Gasteiger partial charge in [0.2, 0.25) is 5.91 Å². The van der Waals surface area contributed by atoms with Crippen LogP contribution in [0.25, 0.3) is 0 Å². The summed E-state index contributed by atoms with van der Waals surface area (Å²) in [6.07, 6.45) is -6.03. The minimum Gasteiger partial charge on any atom is -0.469 e. The number of carbonyl (C=O) groups excluding carboxylic acids is 3. The zero-order valence-corrected chi connectivity index (χ0v) is 17.0. The van der Waals surface area contributed by atoms with Crippen LogP contribution in [0.2, 0.25) is 5.02 Å². The molecule has 0 aliphatic carbocycles. The second-order valence-electron chi connectivity index (χ2n) is 6.96. The van der Waals surface area contributed by atoms with Crippen LogP contribution >= 0.6 is 11.6 Å². The number of alkyl carbamates (subject to hydrolysis) is 1. The van der Waals surface area contributed by atoms with Crippen molar-refractivity contribution in [2.75, 3.05) is 13.7 Å². The lowest BCUT2D eigenvalue weighted by Crippen LogP contribution is -2.41. The minimum atomic E-state index is -4.72. The monoisotopic (exact) mass is 438 g/mol. The molecule has 0 radical (unpaired) electrons. The first-order valence-electron chi connectivity index (χ1n) is 8.43. The molecule has 0 aliphatic rings. The van der Waals surface area contributed by atoms with Crippen molar-refractivity contribution >= 4 is 29.6 Å². The van der Waals surface area contributed by atoms with Crippen LogP contribution in [-0.4, -0.2) is 37.2 Å². The van der Waals surface area contributed by atoms with Crippen LogP contribution in [0.15, 0.2) is 18.2 Å². The fraction of sp³-hybridized carbons (Fsp3) is 0.500. The number of esters is 1. The molecule has 0 fully saturated rings. The highest BCUT2D eigenvalue weighted by atomic mass is 35.5.